The van der Waals surface area contributed by atoms with E-state index < -0.39 is 5.82 Å². The molecule has 0 saturated carbocycles. The molecule has 2 rings (SSSR count). The van der Waals surface area contributed by atoms with Crippen molar-refractivity contribution in [2.75, 3.05) is 0 Å². The first kappa shape index (κ1) is 14.5. The monoisotopic (exact) mass is 310 g/mol. The van der Waals surface area contributed by atoms with Crippen LogP contribution >= 0.6 is 23.2 Å². The van der Waals surface area contributed by atoms with Crippen molar-refractivity contribution in [3.63, 3.8) is 0 Å². The minimum atomic E-state index is -0.433. The third-order valence-electron chi connectivity index (χ3n) is 2.44. The number of carbonyl (C=O) groups is 1. The highest BCUT2D eigenvalue weighted by atomic mass is 35.5. The summed E-state index contributed by atoms with van der Waals surface area (Å²) in [4.78, 5) is 11.7. The van der Waals surface area contributed by atoms with E-state index in [2.05, 4.69) is 10.5 Å². The van der Waals surface area contributed by atoms with Gasteiger partial charge in [-0.1, -0.05) is 23.2 Å². The van der Waals surface area contributed by atoms with E-state index in [1.165, 1.54) is 24.4 Å². The molecule has 0 radical (unpaired) electrons. The zero-order valence-corrected chi connectivity index (χ0v) is 11.6. The SMILES string of the molecule is O=C(NN=Cc1ccc(F)cc1Cl)c1ccc(Cl)cc1. The molecule has 102 valence electrons. The van der Waals surface area contributed by atoms with Gasteiger partial charge in [-0.05, 0) is 42.5 Å². The second kappa shape index (κ2) is 6.50. The van der Waals surface area contributed by atoms with E-state index in [4.69, 9.17) is 23.2 Å². The van der Waals surface area contributed by atoms with Crippen molar-refractivity contribution in [1.29, 1.82) is 0 Å². The molecule has 0 bridgehead atoms. The van der Waals surface area contributed by atoms with Gasteiger partial charge in [0.25, 0.3) is 5.91 Å². The number of amides is 1. The van der Waals surface area contributed by atoms with Crippen molar-refractivity contribution in [2.24, 2.45) is 5.10 Å². The summed E-state index contributed by atoms with van der Waals surface area (Å²) >= 11 is 11.5. The summed E-state index contributed by atoms with van der Waals surface area (Å²) in [6.07, 6.45) is 1.34. The van der Waals surface area contributed by atoms with Crippen LogP contribution in [0.1, 0.15) is 15.9 Å². The molecule has 0 saturated heterocycles. The fraction of sp³-hybridized carbons (Fsp3) is 0. The number of rotatable bonds is 3. The van der Waals surface area contributed by atoms with E-state index in [-0.39, 0.29) is 10.9 Å². The number of hydrogen-bond donors (Lipinski definition) is 1. The molecule has 20 heavy (non-hydrogen) atoms. The van der Waals surface area contributed by atoms with Crippen LogP contribution in [0.5, 0.6) is 0 Å². The van der Waals surface area contributed by atoms with Gasteiger partial charge in [0.1, 0.15) is 5.82 Å². The van der Waals surface area contributed by atoms with Crippen LogP contribution in [0.3, 0.4) is 0 Å². The second-order valence-electron chi connectivity index (χ2n) is 3.87. The van der Waals surface area contributed by atoms with Crippen molar-refractivity contribution in [2.45, 2.75) is 0 Å². The maximum Gasteiger partial charge on any atom is 0.271 e. The molecule has 0 aliphatic rings. The lowest BCUT2D eigenvalue weighted by Crippen LogP contribution is -2.17. The lowest BCUT2D eigenvalue weighted by atomic mass is 10.2. The Morgan fingerprint density at radius 2 is 1.85 bits per heavy atom. The zero-order valence-electron chi connectivity index (χ0n) is 10.1. The third kappa shape index (κ3) is 3.79. The number of benzene rings is 2. The van der Waals surface area contributed by atoms with Gasteiger partial charge in [0.15, 0.2) is 0 Å². The Balaban J connectivity index is 2.02. The minimum Gasteiger partial charge on any atom is -0.267 e. The maximum atomic E-state index is 12.8. The molecule has 0 aromatic heterocycles. The fourth-order valence-electron chi connectivity index (χ4n) is 1.43. The molecule has 3 nitrogen and oxygen atoms in total. The van der Waals surface area contributed by atoms with Crippen molar-refractivity contribution in [3.05, 3.63) is 69.5 Å². The molecule has 0 fully saturated rings. The van der Waals surface area contributed by atoms with Crippen LogP contribution in [0, 0.1) is 5.82 Å². The van der Waals surface area contributed by atoms with Crippen LogP contribution in [0.2, 0.25) is 10.0 Å². The lowest BCUT2D eigenvalue weighted by molar-refractivity contribution is 0.0955. The van der Waals surface area contributed by atoms with E-state index >= 15 is 0 Å². The summed E-state index contributed by atoms with van der Waals surface area (Å²) < 4.78 is 12.8. The Bertz CT molecular complexity index is 657. The highest BCUT2D eigenvalue weighted by molar-refractivity contribution is 6.33. The van der Waals surface area contributed by atoms with Gasteiger partial charge in [-0.25, -0.2) is 9.82 Å². The molecule has 0 aliphatic heterocycles. The van der Waals surface area contributed by atoms with Gasteiger partial charge in [0.05, 0.1) is 11.2 Å². The van der Waals surface area contributed by atoms with Crippen LogP contribution < -0.4 is 5.43 Å². The average Bonchev–Trinajstić information content (AvgIpc) is 2.42. The van der Waals surface area contributed by atoms with Gasteiger partial charge in [0, 0.05) is 16.1 Å². The van der Waals surface area contributed by atoms with Gasteiger partial charge in [-0.3, -0.25) is 4.79 Å². The predicted octanol–water partition coefficient (Wildman–Crippen LogP) is 3.90. The molecule has 2 aromatic carbocycles. The lowest BCUT2D eigenvalue weighted by Gasteiger charge is -2.00. The standard InChI is InChI=1S/C14H9Cl2FN2O/c15-11-4-1-9(2-5-11)14(20)19-18-8-10-3-6-12(17)7-13(10)16/h1-8H,(H,19,20). The number of halogens is 3. The van der Waals surface area contributed by atoms with Gasteiger partial charge in [-0.15, -0.1) is 0 Å². The molecule has 2 aromatic rings. The van der Waals surface area contributed by atoms with E-state index in [0.29, 0.717) is 16.1 Å². The Morgan fingerprint density at radius 1 is 1.15 bits per heavy atom. The largest absolute Gasteiger partial charge is 0.271 e. The first-order chi connectivity index (χ1) is 9.56. The van der Waals surface area contributed by atoms with Crippen molar-refractivity contribution in [3.8, 4) is 0 Å². The van der Waals surface area contributed by atoms with Crippen molar-refractivity contribution in [1.82, 2.24) is 5.43 Å². The summed E-state index contributed by atoms with van der Waals surface area (Å²) in [5.74, 6) is -0.812. The third-order valence-corrected chi connectivity index (χ3v) is 3.02. The van der Waals surface area contributed by atoms with Crippen LogP contribution in [0.15, 0.2) is 47.6 Å². The second-order valence-corrected chi connectivity index (χ2v) is 4.72. The Morgan fingerprint density at radius 3 is 2.50 bits per heavy atom. The molecule has 1 N–H and O–H groups in total. The summed E-state index contributed by atoms with van der Waals surface area (Å²) in [5, 5.41) is 4.53. The molecule has 0 unspecified atom stereocenters. The van der Waals surface area contributed by atoms with E-state index in [1.54, 1.807) is 24.3 Å². The van der Waals surface area contributed by atoms with Gasteiger partial charge in [-0.2, -0.15) is 5.10 Å². The Hall–Kier alpha value is -1.91. The molecule has 0 aliphatic carbocycles. The Kier molecular flexibility index (Phi) is 4.71. The quantitative estimate of drug-likeness (QED) is 0.678. The summed E-state index contributed by atoms with van der Waals surface area (Å²) in [5.41, 5.74) is 3.28. The summed E-state index contributed by atoms with van der Waals surface area (Å²) in [6, 6.07) is 10.3. The van der Waals surface area contributed by atoms with Gasteiger partial charge in [0.2, 0.25) is 0 Å². The zero-order chi connectivity index (χ0) is 14.5. The van der Waals surface area contributed by atoms with Gasteiger partial charge < -0.3 is 0 Å². The predicted molar refractivity (Wildman–Crippen MR) is 77.9 cm³/mol. The van der Waals surface area contributed by atoms with E-state index in [9.17, 15) is 9.18 Å². The number of hydrazone groups is 1. The summed E-state index contributed by atoms with van der Waals surface area (Å²) in [6.45, 7) is 0. The number of nitrogens with zero attached hydrogens (tertiary/aromatic N) is 1. The minimum absolute atomic E-state index is 0.217. The van der Waals surface area contributed by atoms with Crippen molar-refractivity contribution >= 4 is 35.3 Å². The Labute approximate surface area is 125 Å². The molecule has 0 spiro atoms. The first-order valence-electron chi connectivity index (χ1n) is 5.60. The number of hydrogen-bond acceptors (Lipinski definition) is 2. The number of nitrogens with one attached hydrogen (secondary N) is 1. The maximum absolute atomic E-state index is 12.8. The van der Waals surface area contributed by atoms with E-state index in [0.717, 1.165) is 0 Å². The first-order valence-corrected chi connectivity index (χ1v) is 6.36. The van der Waals surface area contributed by atoms with Crippen molar-refractivity contribution < 1.29 is 9.18 Å². The highest BCUT2D eigenvalue weighted by Crippen LogP contribution is 2.15. The van der Waals surface area contributed by atoms with Crippen LogP contribution in [-0.2, 0) is 0 Å². The average molecular weight is 311 g/mol. The molecule has 0 heterocycles. The molecule has 1 amide bonds. The van der Waals surface area contributed by atoms with Crippen LogP contribution in [-0.4, -0.2) is 12.1 Å². The molecule has 0 atom stereocenters. The number of carbonyl (C=O) groups excluding carboxylic acids is 1. The summed E-state index contributed by atoms with van der Waals surface area (Å²) in [7, 11) is 0. The normalized spacial score (nSPS) is 10.8. The molecule has 6 heteroatoms. The van der Waals surface area contributed by atoms with Crippen LogP contribution in [0.25, 0.3) is 0 Å². The van der Waals surface area contributed by atoms with Crippen LogP contribution in [0.4, 0.5) is 4.39 Å². The van der Waals surface area contributed by atoms with E-state index in [1.807, 2.05) is 0 Å². The van der Waals surface area contributed by atoms with Gasteiger partial charge >= 0.3 is 0 Å². The smallest absolute Gasteiger partial charge is 0.267 e. The molecular formula is C14H9Cl2FN2O. The highest BCUT2D eigenvalue weighted by Gasteiger charge is 2.03. The topological polar surface area (TPSA) is 41.5 Å². The molecular weight excluding hydrogens is 302 g/mol. The fourth-order valence-corrected chi connectivity index (χ4v) is 1.77.